The van der Waals surface area contributed by atoms with Crippen LogP contribution in [0.5, 0.6) is 0 Å². The Bertz CT molecular complexity index is 1340. The average Bonchev–Trinajstić information content (AvgIpc) is 3.48. The van der Waals surface area contributed by atoms with Gasteiger partial charge in [0.25, 0.3) is 0 Å². The molecule has 1 unspecified atom stereocenters. The van der Waals surface area contributed by atoms with Crippen LogP contribution in [-0.2, 0) is 16.6 Å². The zero-order chi connectivity index (χ0) is 23.1. The van der Waals surface area contributed by atoms with E-state index in [0.29, 0.717) is 18.3 Å². The molecule has 0 spiro atoms. The molecule has 8 heteroatoms. The van der Waals surface area contributed by atoms with Crippen molar-refractivity contribution in [1.82, 2.24) is 25.1 Å². The van der Waals surface area contributed by atoms with Crippen LogP contribution in [0.25, 0.3) is 21.9 Å². The standard InChI is InChI=1S/C25H28N6O2/c1-15(2)12-20(24-26-19-10-6-7-11-21(19)30(24)3)27-25(33)16-13-22(32)31(14-16)23-17-8-4-5-9-18(17)28-29-23/h4-11,15-16,20H,12-14H2,1-3H3,(H,27,33)(H,28,29)/t16?,20-/m1/s1. The zero-order valence-corrected chi connectivity index (χ0v) is 19.1. The van der Waals surface area contributed by atoms with E-state index in [1.54, 1.807) is 4.90 Å². The molecule has 170 valence electrons. The van der Waals surface area contributed by atoms with Crippen LogP contribution in [0.1, 0.15) is 38.6 Å². The molecule has 2 amide bonds. The van der Waals surface area contributed by atoms with Gasteiger partial charge in [-0.25, -0.2) is 4.98 Å². The van der Waals surface area contributed by atoms with E-state index in [2.05, 4.69) is 29.4 Å². The lowest BCUT2D eigenvalue weighted by Crippen LogP contribution is -2.37. The van der Waals surface area contributed by atoms with E-state index in [-0.39, 0.29) is 24.3 Å². The summed E-state index contributed by atoms with van der Waals surface area (Å²) in [6.07, 6.45) is 0.932. The molecule has 0 aliphatic carbocycles. The number of anilines is 1. The summed E-state index contributed by atoms with van der Waals surface area (Å²) in [5, 5.41) is 11.4. The molecule has 0 saturated carbocycles. The Morgan fingerprint density at radius 2 is 1.94 bits per heavy atom. The molecule has 1 saturated heterocycles. The van der Waals surface area contributed by atoms with Crippen molar-refractivity contribution in [2.75, 3.05) is 11.4 Å². The SMILES string of the molecule is CC(C)C[C@@H](NC(=O)C1CC(=O)N(c2n[nH]c3ccccc23)C1)c1nc2ccccc2n1C. The summed E-state index contributed by atoms with van der Waals surface area (Å²) in [6, 6.07) is 15.4. The van der Waals surface area contributed by atoms with Crippen LogP contribution in [0, 0.1) is 11.8 Å². The fourth-order valence-electron chi connectivity index (χ4n) is 4.71. The van der Waals surface area contributed by atoms with E-state index in [1.165, 1.54) is 0 Å². The number of H-pyrrole nitrogens is 1. The number of aryl methyl sites for hydroxylation is 1. The van der Waals surface area contributed by atoms with Gasteiger partial charge in [0, 0.05) is 25.4 Å². The van der Waals surface area contributed by atoms with Crippen molar-refractivity contribution in [3.05, 3.63) is 54.4 Å². The average molecular weight is 445 g/mol. The largest absolute Gasteiger partial charge is 0.346 e. The van der Waals surface area contributed by atoms with Gasteiger partial charge in [-0.15, -0.1) is 0 Å². The maximum atomic E-state index is 13.3. The van der Waals surface area contributed by atoms with Gasteiger partial charge in [-0.05, 0) is 36.6 Å². The molecule has 2 atom stereocenters. The quantitative estimate of drug-likeness (QED) is 0.474. The summed E-state index contributed by atoms with van der Waals surface area (Å²) < 4.78 is 2.05. The monoisotopic (exact) mass is 444 g/mol. The number of benzene rings is 2. The second kappa shape index (κ2) is 8.35. The summed E-state index contributed by atoms with van der Waals surface area (Å²) in [5.74, 6) is 1.14. The fraction of sp³-hybridized carbons (Fsp3) is 0.360. The van der Waals surface area contributed by atoms with E-state index in [0.717, 1.165) is 34.2 Å². The number of carbonyl (C=O) groups excluding carboxylic acids is 2. The molecule has 0 radical (unpaired) electrons. The first kappa shape index (κ1) is 21.2. The minimum Gasteiger partial charge on any atom is -0.346 e. The molecule has 33 heavy (non-hydrogen) atoms. The number of para-hydroxylation sites is 3. The highest BCUT2D eigenvalue weighted by molar-refractivity contribution is 6.05. The molecule has 8 nitrogen and oxygen atoms in total. The number of imidazole rings is 1. The number of fused-ring (bicyclic) bond motifs is 2. The van der Waals surface area contributed by atoms with Gasteiger partial charge in [-0.1, -0.05) is 38.1 Å². The Morgan fingerprint density at radius 1 is 1.18 bits per heavy atom. The normalized spacial score (nSPS) is 17.4. The molecule has 1 aliphatic rings. The number of amides is 2. The van der Waals surface area contributed by atoms with Crippen LogP contribution in [0.3, 0.4) is 0 Å². The molecule has 4 aromatic rings. The summed E-state index contributed by atoms with van der Waals surface area (Å²) >= 11 is 0. The predicted molar refractivity (Wildman–Crippen MR) is 128 cm³/mol. The van der Waals surface area contributed by atoms with Crippen molar-refractivity contribution in [1.29, 1.82) is 0 Å². The topological polar surface area (TPSA) is 95.9 Å². The van der Waals surface area contributed by atoms with Gasteiger partial charge < -0.3 is 9.88 Å². The first-order chi connectivity index (χ1) is 15.9. The van der Waals surface area contributed by atoms with Gasteiger partial charge in [0.2, 0.25) is 11.8 Å². The van der Waals surface area contributed by atoms with Crippen molar-refractivity contribution in [2.24, 2.45) is 18.9 Å². The molecule has 3 heterocycles. The number of aromatic amines is 1. The Labute approximate surface area is 192 Å². The molecule has 2 aromatic heterocycles. The lowest BCUT2D eigenvalue weighted by Gasteiger charge is -2.22. The number of nitrogens with zero attached hydrogens (tertiary/aromatic N) is 4. The third kappa shape index (κ3) is 3.86. The van der Waals surface area contributed by atoms with Crippen molar-refractivity contribution in [3.8, 4) is 0 Å². The van der Waals surface area contributed by atoms with Gasteiger partial charge >= 0.3 is 0 Å². The highest BCUT2D eigenvalue weighted by atomic mass is 16.2. The highest BCUT2D eigenvalue weighted by Crippen LogP contribution is 2.31. The summed E-state index contributed by atoms with van der Waals surface area (Å²) in [4.78, 5) is 32.5. The summed E-state index contributed by atoms with van der Waals surface area (Å²) in [5.41, 5.74) is 2.81. The molecule has 2 aromatic carbocycles. The van der Waals surface area contributed by atoms with Gasteiger partial charge in [0.05, 0.1) is 28.5 Å². The van der Waals surface area contributed by atoms with Crippen LogP contribution >= 0.6 is 0 Å². The number of hydrogen-bond acceptors (Lipinski definition) is 4. The molecule has 1 fully saturated rings. The summed E-state index contributed by atoms with van der Waals surface area (Å²) in [7, 11) is 1.98. The molecular weight excluding hydrogens is 416 g/mol. The second-order valence-electron chi connectivity index (χ2n) is 9.21. The smallest absolute Gasteiger partial charge is 0.229 e. The lowest BCUT2D eigenvalue weighted by atomic mass is 10.0. The molecule has 5 rings (SSSR count). The number of aromatic nitrogens is 4. The Morgan fingerprint density at radius 3 is 2.73 bits per heavy atom. The van der Waals surface area contributed by atoms with Gasteiger partial charge in [0.15, 0.2) is 5.82 Å². The maximum Gasteiger partial charge on any atom is 0.229 e. The molecular formula is C25H28N6O2. The van der Waals surface area contributed by atoms with Crippen molar-refractivity contribution >= 4 is 39.6 Å². The first-order valence-electron chi connectivity index (χ1n) is 11.4. The lowest BCUT2D eigenvalue weighted by molar-refractivity contribution is -0.127. The number of nitrogens with one attached hydrogen (secondary N) is 2. The third-order valence-electron chi connectivity index (χ3n) is 6.36. The molecule has 2 N–H and O–H groups in total. The van der Waals surface area contributed by atoms with Crippen LogP contribution in [0.15, 0.2) is 48.5 Å². The Kier molecular flexibility index (Phi) is 5.36. The predicted octanol–water partition coefficient (Wildman–Crippen LogP) is 3.71. The Balaban J connectivity index is 1.37. The molecule has 0 bridgehead atoms. The van der Waals surface area contributed by atoms with Crippen LogP contribution in [0.2, 0.25) is 0 Å². The number of rotatable bonds is 6. The maximum absolute atomic E-state index is 13.3. The first-order valence-corrected chi connectivity index (χ1v) is 11.4. The van der Waals surface area contributed by atoms with E-state index in [9.17, 15) is 9.59 Å². The zero-order valence-electron chi connectivity index (χ0n) is 19.1. The van der Waals surface area contributed by atoms with Crippen LogP contribution in [-0.4, -0.2) is 38.1 Å². The van der Waals surface area contributed by atoms with Gasteiger partial charge in [-0.3, -0.25) is 19.6 Å². The minimum atomic E-state index is -0.433. The van der Waals surface area contributed by atoms with Crippen molar-refractivity contribution in [3.63, 3.8) is 0 Å². The molecule has 1 aliphatic heterocycles. The Hall–Kier alpha value is -3.68. The van der Waals surface area contributed by atoms with E-state index in [4.69, 9.17) is 4.98 Å². The number of carbonyl (C=O) groups is 2. The van der Waals surface area contributed by atoms with Crippen molar-refractivity contribution < 1.29 is 9.59 Å². The van der Waals surface area contributed by atoms with Crippen LogP contribution in [0.4, 0.5) is 5.82 Å². The van der Waals surface area contributed by atoms with Crippen molar-refractivity contribution in [2.45, 2.75) is 32.7 Å². The number of hydrogen-bond donors (Lipinski definition) is 2. The highest BCUT2D eigenvalue weighted by Gasteiger charge is 2.38. The van der Waals surface area contributed by atoms with E-state index < -0.39 is 5.92 Å². The summed E-state index contributed by atoms with van der Waals surface area (Å²) in [6.45, 7) is 4.58. The second-order valence-corrected chi connectivity index (χ2v) is 9.21. The fourth-order valence-corrected chi connectivity index (χ4v) is 4.71. The van der Waals surface area contributed by atoms with E-state index >= 15 is 0 Å². The van der Waals surface area contributed by atoms with E-state index in [1.807, 2.05) is 60.1 Å². The third-order valence-corrected chi connectivity index (χ3v) is 6.36. The minimum absolute atomic E-state index is 0.0875. The van der Waals surface area contributed by atoms with Crippen LogP contribution < -0.4 is 10.2 Å². The van der Waals surface area contributed by atoms with Gasteiger partial charge in [-0.2, -0.15) is 5.10 Å². The van der Waals surface area contributed by atoms with Gasteiger partial charge in [0.1, 0.15) is 5.82 Å².